The number of pyridine rings is 1. The van der Waals surface area contributed by atoms with E-state index in [0.29, 0.717) is 6.54 Å². The van der Waals surface area contributed by atoms with Crippen molar-refractivity contribution in [2.75, 3.05) is 19.6 Å². The molecule has 0 saturated carbocycles. The predicted octanol–water partition coefficient (Wildman–Crippen LogP) is 2.23. The Morgan fingerprint density at radius 3 is 2.72 bits per heavy atom. The molecule has 2 N–H and O–H groups in total. The van der Waals surface area contributed by atoms with Crippen molar-refractivity contribution in [2.45, 2.75) is 32.4 Å². The number of piperidine rings is 1. The van der Waals surface area contributed by atoms with Gasteiger partial charge in [-0.15, -0.1) is 0 Å². The van der Waals surface area contributed by atoms with Gasteiger partial charge in [0, 0.05) is 61.8 Å². The van der Waals surface area contributed by atoms with Gasteiger partial charge in [0.25, 0.3) is 5.56 Å². The number of nitrogens with one attached hydrogen (secondary N) is 1. The summed E-state index contributed by atoms with van der Waals surface area (Å²) in [6.07, 6.45) is 5.98. The molecule has 1 aromatic carbocycles. The summed E-state index contributed by atoms with van der Waals surface area (Å²) in [5.41, 5.74) is 2.86. The molecule has 0 spiro atoms. The van der Waals surface area contributed by atoms with Crippen LogP contribution in [-0.2, 0) is 6.54 Å². The van der Waals surface area contributed by atoms with Gasteiger partial charge in [-0.25, -0.2) is 9.78 Å². The minimum atomic E-state index is -0.963. The molecule has 1 amide bonds. The molecule has 3 heterocycles. The van der Waals surface area contributed by atoms with E-state index >= 15 is 0 Å². The number of hydrogen-bond acceptors (Lipinski definition) is 4. The van der Waals surface area contributed by atoms with E-state index in [1.807, 2.05) is 34.4 Å². The average Bonchev–Trinajstić information content (AvgIpc) is 3.23. The minimum absolute atomic E-state index is 0.000195. The van der Waals surface area contributed by atoms with Gasteiger partial charge in [0.2, 0.25) is 0 Å². The molecular formula is C21H25N5O3. The fourth-order valence-electron chi connectivity index (χ4n) is 4.06. The van der Waals surface area contributed by atoms with Crippen LogP contribution in [-0.4, -0.2) is 55.9 Å². The molecule has 8 heteroatoms. The maximum absolute atomic E-state index is 12.7. The van der Waals surface area contributed by atoms with Gasteiger partial charge >= 0.3 is 6.09 Å². The highest BCUT2D eigenvalue weighted by atomic mass is 16.4. The summed E-state index contributed by atoms with van der Waals surface area (Å²) in [6, 6.07) is 7.84. The first-order chi connectivity index (χ1) is 14.0. The lowest BCUT2D eigenvalue weighted by Gasteiger charge is -2.32. The van der Waals surface area contributed by atoms with Crippen LogP contribution in [0.25, 0.3) is 16.6 Å². The zero-order chi connectivity index (χ0) is 20.4. The maximum atomic E-state index is 12.7. The van der Waals surface area contributed by atoms with Gasteiger partial charge in [0.15, 0.2) is 0 Å². The number of likely N-dealkylation sites (tertiary alicyclic amines) is 1. The number of carbonyl (C=O) groups is 1. The molecule has 1 fully saturated rings. The number of aryl methyl sites for hydroxylation is 1. The van der Waals surface area contributed by atoms with Crippen molar-refractivity contribution in [1.29, 1.82) is 0 Å². The Kier molecular flexibility index (Phi) is 5.35. The number of hydrogen-bond donors (Lipinski definition) is 2. The quantitative estimate of drug-likeness (QED) is 0.691. The number of benzene rings is 1. The van der Waals surface area contributed by atoms with E-state index in [9.17, 15) is 9.59 Å². The third-order valence-corrected chi connectivity index (χ3v) is 5.66. The first-order valence-corrected chi connectivity index (χ1v) is 9.85. The number of rotatable bonds is 5. The lowest BCUT2D eigenvalue weighted by molar-refractivity contribution is 0.166. The lowest BCUT2D eigenvalue weighted by Crippen LogP contribution is -2.45. The van der Waals surface area contributed by atoms with Gasteiger partial charge in [0.05, 0.1) is 11.8 Å². The Morgan fingerprint density at radius 2 is 2.03 bits per heavy atom. The molecule has 0 atom stereocenters. The molecule has 0 bridgehead atoms. The second kappa shape index (κ2) is 8.08. The monoisotopic (exact) mass is 395 g/mol. The largest absolute Gasteiger partial charge is 0.465 e. The zero-order valence-electron chi connectivity index (χ0n) is 16.4. The van der Waals surface area contributed by atoms with Gasteiger partial charge in [0.1, 0.15) is 0 Å². The Labute approximate surface area is 168 Å². The third kappa shape index (κ3) is 4.17. The summed E-state index contributed by atoms with van der Waals surface area (Å²) in [6.45, 7) is 4.96. The normalized spacial score (nSPS) is 15.6. The van der Waals surface area contributed by atoms with Crippen LogP contribution in [0.5, 0.6) is 0 Å². The van der Waals surface area contributed by atoms with Crippen LogP contribution in [0, 0.1) is 6.92 Å². The SMILES string of the molecule is Cc1cc(=O)n(CCN2CCC(NC(=O)O)CC2)c2cc(-n3ccnc3)ccc12. The van der Waals surface area contributed by atoms with Crippen LogP contribution in [0.1, 0.15) is 18.4 Å². The zero-order valence-corrected chi connectivity index (χ0v) is 16.4. The molecule has 2 aromatic heterocycles. The molecule has 0 radical (unpaired) electrons. The molecule has 1 aliphatic heterocycles. The Morgan fingerprint density at radius 1 is 1.24 bits per heavy atom. The highest BCUT2D eigenvalue weighted by molar-refractivity contribution is 5.84. The first kappa shape index (κ1) is 19.2. The summed E-state index contributed by atoms with van der Waals surface area (Å²) < 4.78 is 3.77. The minimum Gasteiger partial charge on any atom is -0.465 e. The summed E-state index contributed by atoms with van der Waals surface area (Å²) in [7, 11) is 0. The van der Waals surface area contributed by atoms with Crippen molar-refractivity contribution >= 4 is 17.0 Å². The molecule has 1 aliphatic rings. The van der Waals surface area contributed by atoms with Crippen LogP contribution in [0.15, 0.2) is 47.8 Å². The van der Waals surface area contributed by atoms with Gasteiger partial charge in [-0.05, 0) is 37.5 Å². The van der Waals surface area contributed by atoms with Crippen molar-refractivity contribution < 1.29 is 9.90 Å². The predicted molar refractivity (Wildman–Crippen MR) is 111 cm³/mol. The van der Waals surface area contributed by atoms with E-state index in [1.165, 1.54) is 0 Å². The number of fused-ring (bicyclic) bond motifs is 1. The number of carboxylic acid groups (broad SMARTS) is 1. The van der Waals surface area contributed by atoms with Gasteiger partial charge in [-0.3, -0.25) is 4.79 Å². The molecule has 0 unspecified atom stereocenters. The van der Waals surface area contributed by atoms with Crippen LogP contribution < -0.4 is 10.9 Å². The van der Waals surface area contributed by atoms with E-state index in [0.717, 1.165) is 54.6 Å². The van der Waals surface area contributed by atoms with Gasteiger partial charge < -0.3 is 24.5 Å². The number of imidazole rings is 1. The molecule has 4 rings (SSSR count). The van der Waals surface area contributed by atoms with E-state index in [1.54, 1.807) is 18.6 Å². The fraction of sp³-hybridized carbons (Fsp3) is 0.381. The molecule has 152 valence electrons. The first-order valence-electron chi connectivity index (χ1n) is 9.85. The van der Waals surface area contributed by atoms with Crippen LogP contribution >= 0.6 is 0 Å². The average molecular weight is 395 g/mol. The van der Waals surface area contributed by atoms with Crippen molar-refractivity contribution in [3.05, 3.63) is 58.9 Å². The lowest BCUT2D eigenvalue weighted by atomic mass is 10.1. The highest BCUT2D eigenvalue weighted by Gasteiger charge is 2.20. The number of amides is 1. The van der Waals surface area contributed by atoms with Gasteiger partial charge in [-0.1, -0.05) is 6.07 Å². The third-order valence-electron chi connectivity index (χ3n) is 5.66. The number of nitrogens with zero attached hydrogens (tertiary/aromatic N) is 4. The second-order valence-corrected chi connectivity index (χ2v) is 7.55. The van der Waals surface area contributed by atoms with Crippen molar-refractivity contribution in [3.8, 4) is 5.69 Å². The number of aromatic nitrogens is 3. The molecule has 8 nitrogen and oxygen atoms in total. The van der Waals surface area contributed by atoms with E-state index in [4.69, 9.17) is 5.11 Å². The van der Waals surface area contributed by atoms with E-state index in [-0.39, 0.29) is 11.6 Å². The van der Waals surface area contributed by atoms with E-state index in [2.05, 4.69) is 21.3 Å². The fourth-order valence-corrected chi connectivity index (χ4v) is 4.06. The Bertz CT molecular complexity index is 1070. The topological polar surface area (TPSA) is 92.4 Å². The summed E-state index contributed by atoms with van der Waals surface area (Å²) >= 11 is 0. The van der Waals surface area contributed by atoms with E-state index < -0.39 is 6.09 Å². The van der Waals surface area contributed by atoms with Gasteiger partial charge in [-0.2, -0.15) is 0 Å². The summed E-state index contributed by atoms with van der Waals surface area (Å²) in [5, 5.41) is 12.5. The van der Waals surface area contributed by atoms with Crippen LogP contribution in [0.3, 0.4) is 0 Å². The molecule has 29 heavy (non-hydrogen) atoms. The Hall–Kier alpha value is -3.13. The van der Waals surface area contributed by atoms with Crippen molar-refractivity contribution in [1.82, 2.24) is 24.3 Å². The molecule has 1 saturated heterocycles. The summed E-state index contributed by atoms with van der Waals surface area (Å²) in [4.78, 5) is 29.9. The Balaban J connectivity index is 1.55. The standard InChI is InChI=1S/C21H25N5O3/c1-15-12-20(27)26(11-10-24-7-4-16(5-8-24)23-21(28)29)19-13-17(2-3-18(15)19)25-9-6-22-14-25/h2-3,6,9,12-14,16,23H,4-5,7-8,10-11H2,1H3,(H,28,29). The molecular weight excluding hydrogens is 370 g/mol. The van der Waals surface area contributed by atoms with Crippen molar-refractivity contribution in [3.63, 3.8) is 0 Å². The van der Waals surface area contributed by atoms with Crippen molar-refractivity contribution in [2.24, 2.45) is 0 Å². The highest BCUT2D eigenvalue weighted by Crippen LogP contribution is 2.21. The second-order valence-electron chi connectivity index (χ2n) is 7.55. The van der Waals surface area contributed by atoms with Crippen LogP contribution in [0.4, 0.5) is 4.79 Å². The smallest absolute Gasteiger partial charge is 0.404 e. The molecule has 0 aliphatic carbocycles. The maximum Gasteiger partial charge on any atom is 0.404 e. The van der Waals surface area contributed by atoms with Crippen LogP contribution in [0.2, 0.25) is 0 Å². The molecule has 3 aromatic rings. The summed E-state index contributed by atoms with van der Waals surface area (Å²) in [5.74, 6) is 0.